The summed E-state index contributed by atoms with van der Waals surface area (Å²) in [6.07, 6.45) is 6.74. The molecule has 5 heteroatoms. The molecule has 1 aliphatic carbocycles. The van der Waals surface area contributed by atoms with Crippen molar-refractivity contribution in [3.63, 3.8) is 0 Å². The summed E-state index contributed by atoms with van der Waals surface area (Å²) in [5, 5.41) is 2.07. The van der Waals surface area contributed by atoms with Crippen LogP contribution in [-0.4, -0.2) is 0 Å². The highest BCUT2D eigenvalue weighted by molar-refractivity contribution is 6.35. The Labute approximate surface area is 209 Å². The van der Waals surface area contributed by atoms with Crippen molar-refractivity contribution in [1.29, 1.82) is 0 Å². The highest BCUT2D eigenvalue weighted by atomic mass is 35.5. The molecule has 0 aromatic heterocycles. The van der Waals surface area contributed by atoms with Gasteiger partial charge in [-0.25, -0.2) is 8.78 Å². The molecule has 0 bridgehead atoms. The molecule has 0 aliphatic heterocycles. The Bertz CT molecular complexity index is 1080. The number of aryl methyl sites for hydroxylation is 2. The summed E-state index contributed by atoms with van der Waals surface area (Å²) >= 11 is 18.6. The second-order valence-corrected chi connectivity index (χ2v) is 10.4. The molecule has 3 aromatic rings. The van der Waals surface area contributed by atoms with Crippen molar-refractivity contribution >= 4 is 34.8 Å². The molecule has 2 atom stereocenters. The normalized spacial score (nSPS) is 15.4. The quantitative estimate of drug-likeness (QED) is 0.256. The first-order chi connectivity index (χ1) is 15.9. The highest BCUT2D eigenvalue weighted by Gasteiger charge is 2.37. The van der Waals surface area contributed by atoms with Crippen molar-refractivity contribution in [2.75, 3.05) is 0 Å². The largest absolute Gasteiger partial charge is 0.207 e. The molecule has 174 valence electrons. The zero-order valence-corrected chi connectivity index (χ0v) is 20.6. The molecule has 1 saturated carbocycles. The van der Waals surface area contributed by atoms with E-state index in [9.17, 15) is 8.78 Å². The maximum absolute atomic E-state index is 14.3. The number of hydrogen-bond acceptors (Lipinski definition) is 0. The monoisotopic (exact) mass is 506 g/mol. The van der Waals surface area contributed by atoms with E-state index in [-0.39, 0.29) is 0 Å². The molecule has 0 heterocycles. The third kappa shape index (κ3) is 6.72. The summed E-state index contributed by atoms with van der Waals surface area (Å²) in [7, 11) is 0. The molecule has 4 rings (SSSR count). The summed E-state index contributed by atoms with van der Waals surface area (Å²) in [5.41, 5.74) is 2.97. The lowest BCUT2D eigenvalue weighted by molar-refractivity contribution is 0.332. The third-order valence-corrected chi connectivity index (χ3v) is 7.57. The summed E-state index contributed by atoms with van der Waals surface area (Å²) in [4.78, 5) is 0. The fraction of sp³-hybridized carbons (Fsp3) is 0.357. The van der Waals surface area contributed by atoms with Crippen LogP contribution in [0.15, 0.2) is 60.7 Å². The maximum Gasteiger partial charge on any atom is 0.129 e. The van der Waals surface area contributed by atoms with E-state index in [1.54, 1.807) is 12.1 Å². The molecule has 33 heavy (non-hydrogen) atoms. The first-order valence-electron chi connectivity index (χ1n) is 11.5. The van der Waals surface area contributed by atoms with Gasteiger partial charge in [0.2, 0.25) is 0 Å². The van der Waals surface area contributed by atoms with Gasteiger partial charge in [-0.3, -0.25) is 0 Å². The lowest BCUT2D eigenvalue weighted by Crippen LogP contribution is -2.17. The van der Waals surface area contributed by atoms with E-state index in [4.69, 9.17) is 34.8 Å². The highest BCUT2D eigenvalue weighted by Crippen LogP contribution is 2.49. The molecule has 2 unspecified atom stereocenters. The van der Waals surface area contributed by atoms with Crippen LogP contribution in [0.25, 0.3) is 0 Å². The molecule has 1 aliphatic rings. The Balaban J connectivity index is 1.51. The maximum atomic E-state index is 14.3. The first-order valence-corrected chi connectivity index (χ1v) is 12.7. The van der Waals surface area contributed by atoms with Crippen LogP contribution < -0.4 is 0 Å². The number of hydrogen-bond donors (Lipinski definition) is 0. The fourth-order valence-corrected chi connectivity index (χ4v) is 5.55. The zero-order chi connectivity index (χ0) is 23.4. The predicted molar refractivity (Wildman–Crippen MR) is 134 cm³/mol. The van der Waals surface area contributed by atoms with Gasteiger partial charge in [-0.2, -0.15) is 0 Å². The fourth-order valence-electron chi connectivity index (χ4n) is 4.92. The van der Waals surface area contributed by atoms with E-state index >= 15 is 0 Å². The van der Waals surface area contributed by atoms with Crippen LogP contribution in [-0.2, 0) is 12.8 Å². The Morgan fingerprint density at radius 1 is 0.758 bits per heavy atom. The van der Waals surface area contributed by atoms with Crippen LogP contribution in [0.2, 0.25) is 15.1 Å². The Morgan fingerprint density at radius 3 is 2.12 bits per heavy atom. The number of benzene rings is 3. The molecule has 0 nitrogen and oxygen atoms in total. The second-order valence-electron chi connectivity index (χ2n) is 9.08. The molecule has 0 amide bonds. The standard InChI is InChI=1S/C28H27Cl3F2/c29-23-12-9-22(10-13-23)28(21-6-7-21)20(5-4-19-11-15-25(32)17-27(19)33)3-1-2-18-8-14-24(30)16-26(18)31/h8-17,20-21,28H,1-7H2. The summed E-state index contributed by atoms with van der Waals surface area (Å²) in [5.74, 6) is 0.440. The van der Waals surface area contributed by atoms with Gasteiger partial charge in [0.1, 0.15) is 11.6 Å². The molecule has 0 N–H and O–H groups in total. The minimum atomic E-state index is -0.537. The van der Waals surface area contributed by atoms with Crippen LogP contribution >= 0.6 is 34.8 Å². The van der Waals surface area contributed by atoms with Crippen molar-refractivity contribution in [2.45, 2.75) is 50.9 Å². The van der Waals surface area contributed by atoms with Gasteiger partial charge in [0.05, 0.1) is 0 Å². The van der Waals surface area contributed by atoms with Crippen molar-refractivity contribution in [1.82, 2.24) is 0 Å². The van der Waals surface area contributed by atoms with Gasteiger partial charge in [0.15, 0.2) is 0 Å². The van der Waals surface area contributed by atoms with Crippen molar-refractivity contribution in [2.24, 2.45) is 11.8 Å². The lowest BCUT2D eigenvalue weighted by atomic mass is 9.76. The second kappa shape index (κ2) is 11.2. The third-order valence-electron chi connectivity index (χ3n) is 6.73. The van der Waals surface area contributed by atoms with Crippen LogP contribution in [0.1, 0.15) is 54.7 Å². The number of halogens is 5. The lowest BCUT2D eigenvalue weighted by Gasteiger charge is -2.28. The van der Waals surface area contributed by atoms with Crippen molar-refractivity contribution in [3.8, 4) is 0 Å². The SMILES string of the molecule is Fc1ccc(CCC(CCCc2ccc(Cl)cc2Cl)C(c2ccc(Cl)cc2)C2CC2)c(F)c1. The molecular weight excluding hydrogens is 481 g/mol. The molecule has 0 saturated heterocycles. The van der Waals surface area contributed by atoms with E-state index < -0.39 is 11.6 Å². The van der Waals surface area contributed by atoms with E-state index in [1.807, 2.05) is 24.3 Å². The summed E-state index contributed by atoms with van der Waals surface area (Å²) < 4.78 is 27.7. The summed E-state index contributed by atoms with van der Waals surface area (Å²) in [6, 6.07) is 17.7. The molecule has 3 aromatic carbocycles. The Morgan fingerprint density at radius 2 is 1.45 bits per heavy atom. The minimum absolute atomic E-state index is 0.384. The van der Waals surface area contributed by atoms with Gasteiger partial charge in [0, 0.05) is 21.1 Å². The van der Waals surface area contributed by atoms with Gasteiger partial charge >= 0.3 is 0 Å². The van der Waals surface area contributed by atoms with Crippen molar-refractivity contribution < 1.29 is 8.78 Å². The topological polar surface area (TPSA) is 0 Å². The van der Waals surface area contributed by atoms with Crippen molar-refractivity contribution in [3.05, 3.63) is 104 Å². The van der Waals surface area contributed by atoms with E-state index in [0.717, 1.165) is 42.3 Å². The van der Waals surface area contributed by atoms with E-state index in [2.05, 4.69) is 12.1 Å². The van der Waals surface area contributed by atoms with Gasteiger partial charge in [-0.15, -0.1) is 0 Å². The van der Waals surface area contributed by atoms with Crippen LogP contribution in [0.3, 0.4) is 0 Å². The smallest absolute Gasteiger partial charge is 0.129 e. The van der Waals surface area contributed by atoms with Gasteiger partial charge in [0.25, 0.3) is 0 Å². The van der Waals surface area contributed by atoms with E-state index in [0.29, 0.717) is 39.8 Å². The summed E-state index contributed by atoms with van der Waals surface area (Å²) in [6.45, 7) is 0. The minimum Gasteiger partial charge on any atom is -0.207 e. The van der Waals surface area contributed by atoms with Crippen LogP contribution in [0.5, 0.6) is 0 Å². The van der Waals surface area contributed by atoms with Gasteiger partial charge in [-0.05, 0) is 110 Å². The average Bonchev–Trinajstić information content (AvgIpc) is 3.61. The Kier molecular flexibility index (Phi) is 8.33. The first kappa shape index (κ1) is 24.5. The molecule has 1 fully saturated rings. The molecule has 0 radical (unpaired) electrons. The molecular formula is C28H27Cl3F2. The van der Waals surface area contributed by atoms with Crippen LogP contribution in [0.4, 0.5) is 8.78 Å². The molecule has 0 spiro atoms. The van der Waals surface area contributed by atoms with E-state index in [1.165, 1.54) is 24.5 Å². The number of rotatable bonds is 10. The average molecular weight is 508 g/mol. The van der Waals surface area contributed by atoms with Gasteiger partial charge < -0.3 is 0 Å². The van der Waals surface area contributed by atoms with Crippen LogP contribution in [0, 0.1) is 23.5 Å². The zero-order valence-electron chi connectivity index (χ0n) is 18.3. The van der Waals surface area contributed by atoms with Gasteiger partial charge in [-0.1, -0.05) is 59.1 Å². The Hall–Kier alpha value is -1.61. The predicted octanol–water partition coefficient (Wildman–Crippen LogP) is 9.69.